The number of carbonyl (C=O) groups excluding carboxylic acids is 1. The molecule has 1 unspecified atom stereocenters. The Hall–Kier alpha value is -1.14. The Kier molecular flexibility index (Phi) is 3.63. The Labute approximate surface area is 105 Å². The maximum absolute atomic E-state index is 11.7. The van der Waals surface area contributed by atoms with Crippen molar-refractivity contribution in [1.82, 2.24) is 10.3 Å². The van der Waals surface area contributed by atoms with Crippen molar-refractivity contribution in [2.45, 2.75) is 26.4 Å². The van der Waals surface area contributed by atoms with Crippen LogP contribution >= 0.6 is 11.3 Å². The molecule has 0 radical (unpaired) electrons. The first-order valence-electron chi connectivity index (χ1n) is 5.74. The number of thiazole rings is 1. The molecule has 1 fully saturated rings. The lowest BCUT2D eigenvalue weighted by atomic mass is 10.3. The minimum absolute atomic E-state index is 0.0817. The third-order valence-electron chi connectivity index (χ3n) is 2.75. The summed E-state index contributed by atoms with van der Waals surface area (Å²) in [6, 6.07) is 0. The summed E-state index contributed by atoms with van der Waals surface area (Å²) in [4.78, 5) is 19.0. The molecule has 1 aliphatic heterocycles. The molecule has 1 aromatic rings. The number of amides is 1. The molecular formula is C11H17N3O2S. The van der Waals surface area contributed by atoms with Crippen LogP contribution in [0.2, 0.25) is 0 Å². The minimum Gasteiger partial charge on any atom is -0.443 e. The molecule has 5 nitrogen and oxygen atoms in total. The molecule has 1 amide bonds. The number of hydrogen-bond acceptors (Lipinski definition) is 5. The van der Waals surface area contributed by atoms with E-state index in [1.165, 1.54) is 4.88 Å². The summed E-state index contributed by atoms with van der Waals surface area (Å²) in [5.74, 6) is 0. The lowest BCUT2D eigenvalue weighted by Gasteiger charge is -2.08. The van der Waals surface area contributed by atoms with E-state index in [-0.39, 0.29) is 12.2 Å². The van der Waals surface area contributed by atoms with E-state index in [1.54, 1.807) is 16.2 Å². The van der Waals surface area contributed by atoms with Crippen LogP contribution in [0.25, 0.3) is 0 Å². The number of nitrogens with one attached hydrogen (secondary N) is 1. The van der Waals surface area contributed by atoms with Gasteiger partial charge in [-0.25, -0.2) is 14.7 Å². The molecule has 1 aliphatic rings. The van der Waals surface area contributed by atoms with Crippen molar-refractivity contribution < 1.29 is 9.53 Å². The van der Waals surface area contributed by atoms with Crippen molar-refractivity contribution in [3.05, 3.63) is 10.6 Å². The summed E-state index contributed by atoms with van der Waals surface area (Å²) in [6.07, 6.45) is 0.522. The topological polar surface area (TPSA) is 54.5 Å². The van der Waals surface area contributed by atoms with E-state index in [0.717, 1.165) is 17.2 Å². The van der Waals surface area contributed by atoms with Gasteiger partial charge in [0.05, 0.1) is 12.2 Å². The van der Waals surface area contributed by atoms with E-state index in [9.17, 15) is 4.79 Å². The van der Waals surface area contributed by atoms with Crippen LogP contribution in [0.1, 0.15) is 17.5 Å². The fraction of sp³-hybridized carbons (Fsp3) is 0.636. The average molecular weight is 255 g/mol. The van der Waals surface area contributed by atoms with Crippen molar-refractivity contribution in [3.8, 4) is 0 Å². The SMILES string of the molecule is CCc1nc(N2CC(CNC)OC2=O)sc1C. The molecule has 1 atom stereocenters. The highest BCUT2D eigenvalue weighted by molar-refractivity contribution is 7.15. The Bertz CT molecular complexity index is 419. The number of likely N-dealkylation sites (N-methyl/N-ethyl adjacent to an activating group) is 1. The van der Waals surface area contributed by atoms with Gasteiger partial charge in [-0.15, -0.1) is 11.3 Å². The molecule has 1 aromatic heterocycles. The lowest BCUT2D eigenvalue weighted by Crippen LogP contribution is -2.28. The molecule has 0 bridgehead atoms. The summed E-state index contributed by atoms with van der Waals surface area (Å²) in [6.45, 7) is 5.35. The summed E-state index contributed by atoms with van der Waals surface area (Å²) in [5, 5.41) is 3.76. The zero-order chi connectivity index (χ0) is 12.4. The van der Waals surface area contributed by atoms with Crippen LogP contribution in [0.5, 0.6) is 0 Å². The van der Waals surface area contributed by atoms with Crippen LogP contribution in [0.15, 0.2) is 0 Å². The Morgan fingerprint density at radius 1 is 1.65 bits per heavy atom. The second kappa shape index (κ2) is 5.01. The predicted octanol–water partition coefficient (Wildman–Crippen LogP) is 1.56. The van der Waals surface area contributed by atoms with Gasteiger partial charge in [-0.1, -0.05) is 6.92 Å². The number of carbonyl (C=O) groups is 1. The quantitative estimate of drug-likeness (QED) is 0.887. The molecule has 6 heteroatoms. The van der Waals surface area contributed by atoms with Gasteiger partial charge in [0.1, 0.15) is 6.10 Å². The Morgan fingerprint density at radius 3 is 3.00 bits per heavy atom. The van der Waals surface area contributed by atoms with Crippen LogP contribution in [0.3, 0.4) is 0 Å². The van der Waals surface area contributed by atoms with Gasteiger partial charge < -0.3 is 10.1 Å². The molecule has 1 N–H and O–H groups in total. The maximum atomic E-state index is 11.7. The van der Waals surface area contributed by atoms with Gasteiger partial charge in [0.2, 0.25) is 0 Å². The zero-order valence-corrected chi connectivity index (χ0v) is 11.1. The predicted molar refractivity (Wildman–Crippen MR) is 67.8 cm³/mol. The highest BCUT2D eigenvalue weighted by Gasteiger charge is 2.33. The normalized spacial score (nSPS) is 19.8. The average Bonchev–Trinajstić information content (AvgIpc) is 2.82. The van der Waals surface area contributed by atoms with Crippen LogP contribution in [0.4, 0.5) is 9.93 Å². The molecule has 94 valence electrons. The van der Waals surface area contributed by atoms with Gasteiger partial charge in [0, 0.05) is 11.4 Å². The summed E-state index contributed by atoms with van der Waals surface area (Å²) in [5.41, 5.74) is 1.06. The first kappa shape index (κ1) is 12.3. The van der Waals surface area contributed by atoms with Crippen molar-refractivity contribution in [1.29, 1.82) is 0 Å². The van der Waals surface area contributed by atoms with Crippen LogP contribution in [-0.4, -0.2) is 37.3 Å². The highest BCUT2D eigenvalue weighted by Crippen LogP contribution is 2.29. The van der Waals surface area contributed by atoms with Crippen LogP contribution < -0.4 is 10.2 Å². The zero-order valence-electron chi connectivity index (χ0n) is 10.3. The number of nitrogens with zero attached hydrogens (tertiary/aromatic N) is 2. The number of rotatable bonds is 4. The Morgan fingerprint density at radius 2 is 2.41 bits per heavy atom. The summed E-state index contributed by atoms with van der Waals surface area (Å²) >= 11 is 1.55. The summed E-state index contributed by atoms with van der Waals surface area (Å²) in [7, 11) is 1.85. The Balaban J connectivity index is 2.14. The third-order valence-corrected chi connectivity index (χ3v) is 3.79. The maximum Gasteiger partial charge on any atom is 0.416 e. The number of hydrogen-bond donors (Lipinski definition) is 1. The molecule has 2 heterocycles. The van der Waals surface area contributed by atoms with E-state index in [0.29, 0.717) is 13.1 Å². The smallest absolute Gasteiger partial charge is 0.416 e. The van der Waals surface area contributed by atoms with Gasteiger partial charge >= 0.3 is 6.09 Å². The molecular weight excluding hydrogens is 238 g/mol. The third kappa shape index (κ3) is 2.42. The van der Waals surface area contributed by atoms with Crippen molar-refractivity contribution in [2.75, 3.05) is 25.0 Å². The highest BCUT2D eigenvalue weighted by atomic mass is 32.1. The van der Waals surface area contributed by atoms with Crippen molar-refractivity contribution in [2.24, 2.45) is 0 Å². The molecule has 0 spiro atoms. The molecule has 0 aromatic carbocycles. The standard InChI is InChI=1S/C11H17N3O2S/c1-4-9-7(2)17-10(13-9)14-6-8(5-12-3)16-11(14)15/h8,12H,4-6H2,1-3H3. The molecule has 0 saturated carbocycles. The second-order valence-electron chi connectivity index (χ2n) is 4.03. The molecule has 0 aliphatic carbocycles. The lowest BCUT2D eigenvalue weighted by molar-refractivity contribution is 0.141. The van der Waals surface area contributed by atoms with Gasteiger partial charge in [-0.2, -0.15) is 0 Å². The molecule has 17 heavy (non-hydrogen) atoms. The molecule has 1 saturated heterocycles. The summed E-state index contributed by atoms with van der Waals surface area (Å²) < 4.78 is 5.24. The molecule has 2 rings (SSSR count). The first-order chi connectivity index (χ1) is 8.15. The van der Waals surface area contributed by atoms with E-state index >= 15 is 0 Å². The first-order valence-corrected chi connectivity index (χ1v) is 6.56. The van der Waals surface area contributed by atoms with E-state index in [4.69, 9.17) is 4.74 Å². The number of cyclic esters (lactones) is 1. The van der Waals surface area contributed by atoms with E-state index < -0.39 is 0 Å². The largest absolute Gasteiger partial charge is 0.443 e. The number of ether oxygens (including phenoxy) is 1. The second-order valence-corrected chi connectivity index (χ2v) is 5.21. The van der Waals surface area contributed by atoms with Gasteiger partial charge in [0.15, 0.2) is 5.13 Å². The van der Waals surface area contributed by atoms with Gasteiger partial charge in [0.25, 0.3) is 0 Å². The van der Waals surface area contributed by atoms with E-state index in [1.807, 2.05) is 14.0 Å². The minimum atomic E-state index is -0.290. The van der Waals surface area contributed by atoms with Gasteiger partial charge in [-0.3, -0.25) is 0 Å². The fourth-order valence-electron chi connectivity index (χ4n) is 1.87. The fourth-order valence-corrected chi connectivity index (χ4v) is 2.86. The van der Waals surface area contributed by atoms with Crippen molar-refractivity contribution in [3.63, 3.8) is 0 Å². The van der Waals surface area contributed by atoms with Crippen LogP contribution in [0, 0.1) is 6.92 Å². The number of aryl methyl sites for hydroxylation is 2. The monoisotopic (exact) mass is 255 g/mol. The number of aromatic nitrogens is 1. The number of anilines is 1. The van der Waals surface area contributed by atoms with Gasteiger partial charge in [-0.05, 0) is 20.4 Å². The van der Waals surface area contributed by atoms with E-state index in [2.05, 4.69) is 17.2 Å². The van der Waals surface area contributed by atoms with Crippen molar-refractivity contribution >= 4 is 22.6 Å². The van der Waals surface area contributed by atoms with Crippen LogP contribution in [-0.2, 0) is 11.2 Å².